The van der Waals surface area contributed by atoms with E-state index < -0.39 is 0 Å². The molecule has 1 N–H and O–H groups in total. The lowest BCUT2D eigenvalue weighted by molar-refractivity contribution is 0.0790. The van der Waals surface area contributed by atoms with Crippen LogP contribution in [0.4, 0.5) is 17.6 Å². The molecule has 1 aromatic carbocycles. The van der Waals surface area contributed by atoms with Crippen LogP contribution in [0.2, 0.25) is 0 Å². The molecule has 1 amide bonds. The highest BCUT2D eigenvalue weighted by molar-refractivity contribution is 5.94. The van der Waals surface area contributed by atoms with Crippen LogP contribution in [0, 0.1) is 6.92 Å². The van der Waals surface area contributed by atoms with Crippen molar-refractivity contribution < 1.29 is 4.79 Å². The Morgan fingerprint density at radius 1 is 0.970 bits per heavy atom. The van der Waals surface area contributed by atoms with Crippen molar-refractivity contribution in [2.24, 2.45) is 0 Å². The Hall–Kier alpha value is -3.48. The SMILES string of the molecule is Cc1ccnc(Nc2cc(C3CCN(C(=O)c4ccccc4)C3)nc(N3CCCCC3)n2)c1. The molecular weight excluding hydrogens is 412 g/mol. The summed E-state index contributed by atoms with van der Waals surface area (Å²) in [4.78, 5) is 31.4. The number of hydrogen-bond donors (Lipinski definition) is 1. The summed E-state index contributed by atoms with van der Waals surface area (Å²) < 4.78 is 0. The van der Waals surface area contributed by atoms with Crippen molar-refractivity contribution in [2.45, 2.75) is 38.5 Å². The van der Waals surface area contributed by atoms with Gasteiger partial charge in [-0.1, -0.05) is 18.2 Å². The summed E-state index contributed by atoms with van der Waals surface area (Å²) in [5.74, 6) is 2.58. The van der Waals surface area contributed by atoms with Crippen LogP contribution in [0.5, 0.6) is 0 Å². The summed E-state index contributed by atoms with van der Waals surface area (Å²) in [7, 11) is 0. The van der Waals surface area contributed by atoms with E-state index in [4.69, 9.17) is 9.97 Å². The Morgan fingerprint density at radius 2 is 1.79 bits per heavy atom. The van der Waals surface area contributed by atoms with Crippen molar-refractivity contribution in [1.82, 2.24) is 19.9 Å². The van der Waals surface area contributed by atoms with Crippen LogP contribution < -0.4 is 10.2 Å². The molecule has 7 nitrogen and oxygen atoms in total. The predicted molar refractivity (Wildman–Crippen MR) is 130 cm³/mol. The Balaban J connectivity index is 1.40. The number of piperidine rings is 1. The van der Waals surface area contributed by atoms with Gasteiger partial charge in [-0.25, -0.2) is 9.97 Å². The summed E-state index contributed by atoms with van der Waals surface area (Å²) in [5.41, 5.74) is 2.87. The van der Waals surface area contributed by atoms with E-state index in [1.807, 2.05) is 60.4 Å². The molecule has 33 heavy (non-hydrogen) atoms. The molecule has 5 rings (SSSR count). The van der Waals surface area contributed by atoms with E-state index in [1.54, 1.807) is 6.20 Å². The average molecular weight is 443 g/mol. The predicted octanol–water partition coefficient (Wildman–Crippen LogP) is 4.54. The third kappa shape index (κ3) is 4.97. The van der Waals surface area contributed by atoms with E-state index in [9.17, 15) is 4.79 Å². The van der Waals surface area contributed by atoms with Crippen LogP contribution >= 0.6 is 0 Å². The first kappa shape index (κ1) is 21.4. The molecule has 3 aromatic rings. The highest BCUT2D eigenvalue weighted by Gasteiger charge is 2.30. The van der Waals surface area contributed by atoms with E-state index in [2.05, 4.69) is 15.2 Å². The topological polar surface area (TPSA) is 74.2 Å². The van der Waals surface area contributed by atoms with Crippen molar-refractivity contribution in [3.63, 3.8) is 0 Å². The van der Waals surface area contributed by atoms with E-state index >= 15 is 0 Å². The molecule has 0 spiro atoms. The maximum Gasteiger partial charge on any atom is 0.253 e. The highest BCUT2D eigenvalue weighted by Crippen LogP contribution is 2.30. The van der Waals surface area contributed by atoms with Crippen molar-refractivity contribution in [3.8, 4) is 0 Å². The Labute approximate surface area is 194 Å². The van der Waals surface area contributed by atoms with Gasteiger partial charge in [-0.3, -0.25) is 4.79 Å². The zero-order valence-corrected chi connectivity index (χ0v) is 19.1. The first-order valence-corrected chi connectivity index (χ1v) is 11.8. The van der Waals surface area contributed by atoms with Gasteiger partial charge in [0.05, 0.1) is 5.69 Å². The molecule has 0 saturated carbocycles. The second kappa shape index (κ2) is 9.57. The van der Waals surface area contributed by atoms with Crippen LogP contribution in [0.25, 0.3) is 0 Å². The van der Waals surface area contributed by atoms with Crippen molar-refractivity contribution in [2.75, 3.05) is 36.4 Å². The molecule has 1 atom stereocenters. The molecule has 0 bridgehead atoms. The third-order valence-electron chi connectivity index (χ3n) is 6.46. The normalized spacial score (nSPS) is 18.4. The van der Waals surface area contributed by atoms with Gasteiger partial charge in [0.25, 0.3) is 5.91 Å². The van der Waals surface area contributed by atoms with Crippen LogP contribution in [0.15, 0.2) is 54.7 Å². The molecular formula is C26H30N6O. The number of carbonyl (C=O) groups is 1. The molecule has 0 radical (unpaired) electrons. The van der Waals surface area contributed by atoms with Crippen LogP contribution in [0.3, 0.4) is 0 Å². The van der Waals surface area contributed by atoms with Gasteiger partial charge in [0.2, 0.25) is 5.95 Å². The lowest BCUT2D eigenvalue weighted by Crippen LogP contribution is -2.31. The molecule has 1 unspecified atom stereocenters. The smallest absolute Gasteiger partial charge is 0.253 e. The van der Waals surface area contributed by atoms with Crippen LogP contribution in [-0.4, -0.2) is 51.9 Å². The summed E-state index contributed by atoms with van der Waals surface area (Å²) in [6.07, 6.45) is 6.29. The minimum atomic E-state index is 0.0886. The van der Waals surface area contributed by atoms with Gasteiger partial charge < -0.3 is 15.1 Å². The zero-order chi connectivity index (χ0) is 22.6. The summed E-state index contributed by atoms with van der Waals surface area (Å²) in [6.45, 7) is 5.42. The third-order valence-corrected chi connectivity index (χ3v) is 6.46. The molecule has 2 aliphatic heterocycles. The number of benzene rings is 1. The molecule has 4 heterocycles. The standard InChI is InChI=1S/C26H30N6O/c1-19-10-12-27-23(16-19)29-24-17-22(28-26(30-24)31-13-6-3-7-14-31)21-11-15-32(18-21)25(33)20-8-4-2-5-9-20/h2,4-5,8-10,12,16-17,21H,3,6-7,11,13-15,18H2,1H3,(H,27,28,29,30). The molecule has 7 heteroatoms. The van der Waals surface area contributed by atoms with Gasteiger partial charge in [0, 0.05) is 49.9 Å². The van der Waals surface area contributed by atoms with E-state index in [1.165, 1.54) is 19.3 Å². The number of pyridine rings is 1. The Morgan fingerprint density at radius 3 is 2.58 bits per heavy atom. The second-order valence-electron chi connectivity index (χ2n) is 8.97. The number of hydrogen-bond acceptors (Lipinski definition) is 6. The second-order valence-corrected chi connectivity index (χ2v) is 8.97. The van der Waals surface area contributed by atoms with Crippen molar-refractivity contribution in [1.29, 1.82) is 0 Å². The van der Waals surface area contributed by atoms with E-state index in [0.29, 0.717) is 6.54 Å². The first-order chi connectivity index (χ1) is 16.2. The summed E-state index contributed by atoms with van der Waals surface area (Å²) in [5, 5.41) is 3.38. The van der Waals surface area contributed by atoms with Gasteiger partial charge in [-0.2, -0.15) is 4.98 Å². The fourth-order valence-electron chi connectivity index (χ4n) is 4.65. The lowest BCUT2D eigenvalue weighted by atomic mass is 10.0. The molecule has 2 aromatic heterocycles. The van der Waals surface area contributed by atoms with Gasteiger partial charge in [-0.15, -0.1) is 0 Å². The minimum absolute atomic E-state index is 0.0886. The maximum atomic E-state index is 12.9. The Kier molecular flexibility index (Phi) is 6.19. The summed E-state index contributed by atoms with van der Waals surface area (Å²) >= 11 is 0. The van der Waals surface area contributed by atoms with Crippen molar-refractivity contribution >= 4 is 23.5 Å². The van der Waals surface area contributed by atoms with Crippen LogP contribution in [-0.2, 0) is 0 Å². The van der Waals surface area contributed by atoms with Crippen molar-refractivity contribution in [3.05, 3.63) is 71.5 Å². The molecule has 2 fully saturated rings. The fraction of sp³-hybridized carbons (Fsp3) is 0.385. The number of nitrogens with one attached hydrogen (secondary N) is 1. The van der Waals surface area contributed by atoms with Crippen LogP contribution in [0.1, 0.15) is 53.2 Å². The summed E-state index contributed by atoms with van der Waals surface area (Å²) in [6, 6.07) is 15.5. The number of anilines is 3. The number of carbonyl (C=O) groups excluding carboxylic acids is 1. The largest absolute Gasteiger partial charge is 0.341 e. The lowest BCUT2D eigenvalue weighted by Gasteiger charge is -2.27. The molecule has 0 aliphatic carbocycles. The van der Waals surface area contributed by atoms with E-state index in [-0.39, 0.29) is 11.8 Å². The average Bonchev–Trinajstić information content (AvgIpc) is 3.35. The monoisotopic (exact) mass is 442 g/mol. The minimum Gasteiger partial charge on any atom is -0.341 e. The number of amides is 1. The van der Waals surface area contributed by atoms with E-state index in [0.717, 1.165) is 60.5 Å². The van der Waals surface area contributed by atoms with Gasteiger partial charge >= 0.3 is 0 Å². The first-order valence-electron chi connectivity index (χ1n) is 11.8. The van der Waals surface area contributed by atoms with Gasteiger partial charge in [0.1, 0.15) is 11.6 Å². The molecule has 2 saturated heterocycles. The maximum absolute atomic E-state index is 12.9. The number of rotatable bonds is 5. The molecule has 170 valence electrons. The molecule has 2 aliphatic rings. The highest BCUT2D eigenvalue weighted by atomic mass is 16.2. The van der Waals surface area contributed by atoms with Gasteiger partial charge in [0.15, 0.2) is 0 Å². The quantitative estimate of drug-likeness (QED) is 0.625. The number of aromatic nitrogens is 3. The van der Waals surface area contributed by atoms with Gasteiger partial charge in [-0.05, 0) is 62.4 Å². The number of nitrogens with zero attached hydrogens (tertiary/aromatic N) is 5. The number of likely N-dealkylation sites (tertiary alicyclic amines) is 1. The Bertz CT molecular complexity index is 1110. The fourth-order valence-corrected chi connectivity index (χ4v) is 4.65. The zero-order valence-electron chi connectivity index (χ0n) is 19.1. The number of aryl methyl sites for hydroxylation is 1.